The van der Waals surface area contributed by atoms with Crippen molar-refractivity contribution in [2.45, 2.75) is 52.9 Å². The molecule has 0 aromatic carbocycles. The number of ketones is 1. The van der Waals surface area contributed by atoms with Crippen LogP contribution in [0.2, 0.25) is 0 Å². The molecule has 1 saturated carbocycles. The minimum atomic E-state index is 0.293. The first kappa shape index (κ1) is 11.6. The van der Waals surface area contributed by atoms with Crippen molar-refractivity contribution in [1.82, 2.24) is 0 Å². The molecular formula is C15H22O. The van der Waals surface area contributed by atoms with Crippen LogP contribution in [0.5, 0.6) is 0 Å². The predicted octanol–water partition coefficient (Wildman–Crippen LogP) is 4.05. The van der Waals surface area contributed by atoms with Crippen molar-refractivity contribution in [3.63, 3.8) is 0 Å². The standard InChI is InChI=1S/C15H22O/c1-10(2)12-5-7-15(4)8-6-13(11(3)16)14(15)9-12/h12H,1,5-9H2,2-4H3/t12-,15+/m1/s1. The molecule has 0 radical (unpaired) electrons. The Morgan fingerprint density at radius 1 is 1.38 bits per heavy atom. The Morgan fingerprint density at radius 2 is 2.06 bits per heavy atom. The van der Waals surface area contributed by atoms with E-state index in [2.05, 4.69) is 20.4 Å². The third kappa shape index (κ3) is 1.77. The zero-order valence-electron chi connectivity index (χ0n) is 10.7. The highest BCUT2D eigenvalue weighted by Crippen LogP contribution is 2.53. The van der Waals surface area contributed by atoms with Gasteiger partial charge in [0, 0.05) is 0 Å². The van der Waals surface area contributed by atoms with Crippen molar-refractivity contribution >= 4 is 5.78 Å². The minimum absolute atomic E-state index is 0.293. The van der Waals surface area contributed by atoms with Gasteiger partial charge in [0.05, 0.1) is 0 Å². The van der Waals surface area contributed by atoms with Gasteiger partial charge in [0.1, 0.15) is 0 Å². The minimum Gasteiger partial charge on any atom is -0.295 e. The summed E-state index contributed by atoms with van der Waals surface area (Å²) in [5, 5.41) is 0. The number of Topliss-reactive ketones (excluding diaryl/α,β-unsaturated/α-hetero) is 1. The highest BCUT2D eigenvalue weighted by Gasteiger charge is 2.41. The normalized spacial score (nSPS) is 33.8. The maximum Gasteiger partial charge on any atom is 0.155 e. The quantitative estimate of drug-likeness (QED) is 0.639. The van der Waals surface area contributed by atoms with Crippen molar-refractivity contribution in [3.05, 3.63) is 23.3 Å². The van der Waals surface area contributed by atoms with Crippen LogP contribution in [0.15, 0.2) is 23.3 Å². The van der Waals surface area contributed by atoms with Gasteiger partial charge in [-0.25, -0.2) is 0 Å². The molecule has 1 fully saturated rings. The topological polar surface area (TPSA) is 17.1 Å². The van der Waals surface area contributed by atoms with Gasteiger partial charge >= 0.3 is 0 Å². The number of carbonyl (C=O) groups is 1. The zero-order chi connectivity index (χ0) is 11.9. The van der Waals surface area contributed by atoms with Crippen LogP contribution < -0.4 is 0 Å². The van der Waals surface area contributed by atoms with Gasteiger partial charge in [0.15, 0.2) is 5.78 Å². The summed E-state index contributed by atoms with van der Waals surface area (Å²) in [7, 11) is 0. The third-order valence-corrected chi connectivity index (χ3v) is 4.64. The first-order valence-electron chi connectivity index (χ1n) is 6.33. The van der Waals surface area contributed by atoms with Crippen LogP contribution in [-0.2, 0) is 4.79 Å². The van der Waals surface area contributed by atoms with Gasteiger partial charge in [0.2, 0.25) is 0 Å². The second-order valence-electron chi connectivity index (χ2n) is 5.86. The van der Waals surface area contributed by atoms with Gasteiger partial charge in [-0.1, -0.05) is 24.6 Å². The van der Waals surface area contributed by atoms with E-state index >= 15 is 0 Å². The van der Waals surface area contributed by atoms with Gasteiger partial charge in [-0.05, 0) is 62.9 Å². The smallest absolute Gasteiger partial charge is 0.155 e. The lowest BCUT2D eigenvalue weighted by molar-refractivity contribution is -0.113. The molecule has 0 bridgehead atoms. The van der Waals surface area contributed by atoms with Gasteiger partial charge in [0.25, 0.3) is 0 Å². The van der Waals surface area contributed by atoms with Gasteiger partial charge in [-0.15, -0.1) is 0 Å². The summed E-state index contributed by atoms with van der Waals surface area (Å²) in [6.45, 7) is 10.3. The monoisotopic (exact) mass is 218 g/mol. The molecule has 0 spiro atoms. The van der Waals surface area contributed by atoms with Gasteiger partial charge in [-0.3, -0.25) is 4.79 Å². The second-order valence-corrected chi connectivity index (χ2v) is 5.86. The highest BCUT2D eigenvalue weighted by atomic mass is 16.1. The molecule has 2 aliphatic carbocycles. The number of carbonyl (C=O) groups excluding carboxylic acids is 1. The van der Waals surface area contributed by atoms with Gasteiger partial charge in [-0.2, -0.15) is 0 Å². The highest BCUT2D eigenvalue weighted by molar-refractivity contribution is 5.94. The number of rotatable bonds is 2. The Hall–Kier alpha value is -0.850. The average molecular weight is 218 g/mol. The van der Waals surface area contributed by atoms with Crippen LogP contribution in [0.25, 0.3) is 0 Å². The Balaban J connectivity index is 2.32. The molecule has 0 aromatic rings. The lowest BCUT2D eigenvalue weighted by Crippen LogP contribution is -2.25. The zero-order valence-corrected chi connectivity index (χ0v) is 10.7. The molecule has 1 heteroatoms. The molecule has 2 rings (SSSR count). The maximum absolute atomic E-state index is 11.6. The molecule has 0 unspecified atom stereocenters. The second kappa shape index (κ2) is 3.87. The number of hydrogen-bond donors (Lipinski definition) is 0. The molecule has 0 amide bonds. The van der Waals surface area contributed by atoms with E-state index in [4.69, 9.17) is 0 Å². The van der Waals surface area contributed by atoms with E-state index in [1.54, 1.807) is 6.92 Å². The van der Waals surface area contributed by atoms with Crippen molar-refractivity contribution in [1.29, 1.82) is 0 Å². The van der Waals surface area contributed by atoms with E-state index in [1.807, 2.05) is 0 Å². The molecule has 2 atom stereocenters. The number of hydrogen-bond acceptors (Lipinski definition) is 1. The lowest BCUT2D eigenvalue weighted by atomic mass is 9.67. The molecule has 0 heterocycles. The van der Waals surface area contributed by atoms with Crippen molar-refractivity contribution in [2.24, 2.45) is 11.3 Å². The summed E-state index contributed by atoms with van der Waals surface area (Å²) in [6, 6.07) is 0. The summed E-state index contributed by atoms with van der Waals surface area (Å²) < 4.78 is 0. The van der Waals surface area contributed by atoms with E-state index in [1.165, 1.54) is 30.4 Å². The van der Waals surface area contributed by atoms with Crippen molar-refractivity contribution in [2.75, 3.05) is 0 Å². The van der Waals surface area contributed by atoms with E-state index in [0.29, 0.717) is 17.1 Å². The molecule has 0 saturated heterocycles. The molecule has 0 aliphatic heterocycles. The third-order valence-electron chi connectivity index (χ3n) is 4.64. The Morgan fingerprint density at radius 3 is 2.62 bits per heavy atom. The van der Waals surface area contributed by atoms with E-state index in [0.717, 1.165) is 18.4 Å². The first-order valence-corrected chi connectivity index (χ1v) is 6.33. The summed E-state index contributed by atoms with van der Waals surface area (Å²) >= 11 is 0. The summed E-state index contributed by atoms with van der Waals surface area (Å²) in [5.41, 5.74) is 4.20. The van der Waals surface area contributed by atoms with Crippen LogP contribution in [0.3, 0.4) is 0 Å². The first-order chi connectivity index (χ1) is 7.44. The summed E-state index contributed by atoms with van der Waals surface area (Å²) in [4.78, 5) is 11.6. The van der Waals surface area contributed by atoms with E-state index in [9.17, 15) is 4.79 Å². The Kier molecular flexibility index (Phi) is 2.81. The average Bonchev–Trinajstić information content (AvgIpc) is 2.53. The van der Waals surface area contributed by atoms with Crippen molar-refractivity contribution < 1.29 is 4.79 Å². The molecule has 88 valence electrons. The Labute approximate surface area is 98.6 Å². The number of allylic oxidation sites excluding steroid dienone is 3. The largest absolute Gasteiger partial charge is 0.295 e. The molecule has 0 N–H and O–H groups in total. The molecular weight excluding hydrogens is 196 g/mol. The molecule has 2 aliphatic rings. The molecule has 0 aromatic heterocycles. The summed E-state index contributed by atoms with van der Waals surface area (Å²) in [6.07, 6.45) is 5.75. The molecule has 1 nitrogen and oxygen atoms in total. The van der Waals surface area contributed by atoms with E-state index < -0.39 is 0 Å². The Bertz CT molecular complexity index is 375. The predicted molar refractivity (Wildman–Crippen MR) is 67.2 cm³/mol. The fraction of sp³-hybridized carbons (Fsp3) is 0.667. The fourth-order valence-corrected chi connectivity index (χ4v) is 3.36. The SMILES string of the molecule is C=C(C)[C@@H]1CC[C@@]2(C)CCC(C(C)=O)=C2C1. The number of fused-ring (bicyclic) bond motifs is 1. The fourth-order valence-electron chi connectivity index (χ4n) is 3.36. The van der Waals surface area contributed by atoms with Crippen LogP contribution in [0.1, 0.15) is 52.9 Å². The maximum atomic E-state index is 11.6. The van der Waals surface area contributed by atoms with E-state index in [-0.39, 0.29) is 0 Å². The van der Waals surface area contributed by atoms with Crippen LogP contribution >= 0.6 is 0 Å². The van der Waals surface area contributed by atoms with Crippen molar-refractivity contribution in [3.8, 4) is 0 Å². The van der Waals surface area contributed by atoms with Crippen LogP contribution in [0, 0.1) is 11.3 Å². The molecule has 16 heavy (non-hydrogen) atoms. The van der Waals surface area contributed by atoms with Gasteiger partial charge < -0.3 is 0 Å². The summed E-state index contributed by atoms with van der Waals surface area (Å²) in [5.74, 6) is 0.900. The van der Waals surface area contributed by atoms with Crippen LogP contribution in [-0.4, -0.2) is 5.78 Å². The lowest BCUT2D eigenvalue weighted by Gasteiger charge is -2.37. The van der Waals surface area contributed by atoms with Crippen LogP contribution in [0.4, 0.5) is 0 Å².